The van der Waals surface area contributed by atoms with Gasteiger partial charge in [-0.2, -0.15) is 0 Å². The molecule has 0 saturated heterocycles. The minimum atomic E-state index is -0.436. The summed E-state index contributed by atoms with van der Waals surface area (Å²) in [7, 11) is 0. The van der Waals surface area contributed by atoms with Crippen molar-refractivity contribution in [2.75, 3.05) is 0 Å². The fourth-order valence-corrected chi connectivity index (χ4v) is 5.96. The highest BCUT2D eigenvalue weighted by Crippen LogP contribution is 2.42. The maximum absolute atomic E-state index is 12.7. The van der Waals surface area contributed by atoms with E-state index in [1.807, 2.05) is 20.8 Å². The Hall–Kier alpha value is -1.06. The van der Waals surface area contributed by atoms with Gasteiger partial charge in [-0.25, -0.2) is 0 Å². The molecular formula is C26H44O4. The van der Waals surface area contributed by atoms with Gasteiger partial charge in [0.05, 0.1) is 11.8 Å². The highest BCUT2D eigenvalue weighted by molar-refractivity contribution is 5.73. The molecule has 3 aliphatic rings. The first-order chi connectivity index (χ1) is 14.2. The molecule has 0 heterocycles. The summed E-state index contributed by atoms with van der Waals surface area (Å²) in [5, 5.41) is 0. The van der Waals surface area contributed by atoms with E-state index in [0.717, 1.165) is 56.3 Å². The molecule has 0 atom stereocenters. The molecule has 0 N–H and O–H groups in total. The van der Waals surface area contributed by atoms with Crippen molar-refractivity contribution in [2.45, 2.75) is 123 Å². The van der Waals surface area contributed by atoms with E-state index >= 15 is 0 Å². The minimum Gasteiger partial charge on any atom is -0.462 e. The van der Waals surface area contributed by atoms with E-state index in [0.29, 0.717) is 0 Å². The van der Waals surface area contributed by atoms with E-state index in [4.69, 9.17) is 9.47 Å². The van der Waals surface area contributed by atoms with Gasteiger partial charge in [-0.05, 0) is 103 Å². The number of ether oxygens (including phenoxy) is 2. The summed E-state index contributed by atoms with van der Waals surface area (Å²) in [6.45, 7) is 8.04. The molecule has 0 spiro atoms. The van der Waals surface area contributed by atoms with Gasteiger partial charge in [0.2, 0.25) is 0 Å². The summed E-state index contributed by atoms with van der Waals surface area (Å²) in [4.78, 5) is 25.0. The smallest absolute Gasteiger partial charge is 0.309 e. The summed E-state index contributed by atoms with van der Waals surface area (Å²) >= 11 is 0. The first-order valence-electron chi connectivity index (χ1n) is 12.7. The first-order valence-corrected chi connectivity index (χ1v) is 12.7. The summed E-state index contributed by atoms with van der Waals surface area (Å²) in [6.07, 6.45) is 14.5. The Morgan fingerprint density at radius 2 is 1.17 bits per heavy atom. The predicted molar refractivity (Wildman–Crippen MR) is 119 cm³/mol. The first kappa shape index (κ1) is 23.6. The maximum Gasteiger partial charge on any atom is 0.309 e. The number of rotatable bonds is 5. The van der Waals surface area contributed by atoms with Crippen molar-refractivity contribution in [1.29, 1.82) is 0 Å². The molecule has 0 amide bonds. The summed E-state index contributed by atoms with van der Waals surface area (Å²) < 4.78 is 11.4. The molecule has 0 aromatic heterocycles. The van der Waals surface area contributed by atoms with Gasteiger partial charge in [-0.3, -0.25) is 9.59 Å². The van der Waals surface area contributed by atoms with Crippen LogP contribution in [0.1, 0.15) is 111 Å². The molecule has 30 heavy (non-hydrogen) atoms. The number of carbonyl (C=O) groups is 2. The van der Waals surface area contributed by atoms with E-state index < -0.39 is 5.60 Å². The molecule has 0 unspecified atom stereocenters. The van der Waals surface area contributed by atoms with Gasteiger partial charge in [0, 0.05) is 0 Å². The van der Waals surface area contributed by atoms with Crippen LogP contribution in [-0.4, -0.2) is 23.6 Å². The van der Waals surface area contributed by atoms with Gasteiger partial charge >= 0.3 is 11.9 Å². The maximum atomic E-state index is 12.7. The lowest BCUT2D eigenvalue weighted by molar-refractivity contribution is -0.164. The number of esters is 2. The van der Waals surface area contributed by atoms with Crippen molar-refractivity contribution in [3.8, 4) is 0 Å². The molecule has 3 rings (SSSR count). The second-order valence-electron chi connectivity index (χ2n) is 11.2. The summed E-state index contributed by atoms with van der Waals surface area (Å²) in [5.41, 5.74) is -0.436. The summed E-state index contributed by atoms with van der Waals surface area (Å²) in [6, 6.07) is 0. The van der Waals surface area contributed by atoms with Gasteiger partial charge in [0.25, 0.3) is 0 Å². The van der Waals surface area contributed by atoms with Gasteiger partial charge in [-0.1, -0.05) is 26.2 Å². The average molecular weight is 421 g/mol. The Balaban J connectivity index is 1.35. The normalized spacial score (nSPS) is 35.5. The van der Waals surface area contributed by atoms with Gasteiger partial charge in [0.15, 0.2) is 0 Å². The Bertz CT molecular complexity index is 554. The van der Waals surface area contributed by atoms with E-state index in [9.17, 15) is 9.59 Å². The van der Waals surface area contributed by atoms with Crippen LogP contribution in [0.3, 0.4) is 0 Å². The Morgan fingerprint density at radius 3 is 1.67 bits per heavy atom. The molecule has 0 aliphatic heterocycles. The Kier molecular flexibility index (Phi) is 8.26. The quantitative estimate of drug-likeness (QED) is 0.479. The van der Waals surface area contributed by atoms with Crippen LogP contribution >= 0.6 is 0 Å². The molecule has 0 bridgehead atoms. The third kappa shape index (κ3) is 6.72. The van der Waals surface area contributed by atoms with Crippen LogP contribution in [0.2, 0.25) is 0 Å². The predicted octanol–water partition coefficient (Wildman–Crippen LogP) is 6.45. The van der Waals surface area contributed by atoms with Crippen LogP contribution in [0.25, 0.3) is 0 Å². The van der Waals surface area contributed by atoms with E-state index in [-0.39, 0.29) is 29.9 Å². The Labute approximate surface area is 183 Å². The average Bonchev–Trinajstić information content (AvgIpc) is 2.73. The zero-order valence-corrected chi connectivity index (χ0v) is 19.8. The third-order valence-corrected chi connectivity index (χ3v) is 7.94. The molecule has 0 aromatic rings. The third-order valence-electron chi connectivity index (χ3n) is 7.94. The highest BCUT2D eigenvalue weighted by Gasteiger charge is 2.35. The lowest BCUT2D eigenvalue weighted by Crippen LogP contribution is -2.34. The van der Waals surface area contributed by atoms with Crippen LogP contribution < -0.4 is 0 Å². The van der Waals surface area contributed by atoms with E-state index in [2.05, 4.69) is 6.92 Å². The summed E-state index contributed by atoms with van der Waals surface area (Å²) in [5.74, 6) is 2.65. The lowest BCUT2D eigenvalue weighted by atomic mass is 9.69. The van der Waals surface area contributed by atoms with Crippen molar-refractivity contribution in [3.63, 3.8) is 0 Å². The molecule has 4 nitrogen and oxygen atoms in total. The SMILES string of the molecule is CCC1CCC(C2CCC(C(=O)OC3CCC(C(=O)OC(C)(C)C)CC3)CC2)CC1. The molecule has 3 fully saturated rings. The molecular weight excluding hydrogens is 376 g/mol. The number of carbonyl (C=O) groups excluding carboxylic acids is 2. The van der Waals surface area contributed by atoms with Crippen molar-refractivity contribution < 1.29 is 19.1 Å². The van der Waals surface area contributed by atoms with E-state index in [1.54, 1.807) is 0 Å². The van der Waals surface area contributed by atoms with Crippen LogP contribution in [0.15, 0.2) is 0 Å². The molecule has 4 heteroatoms. The van der Waals surface area contributed by atoms with Gasteiger partial charge in [-0.15, -0.1) is 0 Å². The zero-order valence-electron chi connectivity index (χ0n) is 19.8. The van der Waals surface area contributed by atoms with E-state index in [1.165, 1.54) is 44.9 Å². The molecule has 3 saturated carbocycles. The fourth-order valence-electron chi connectivity index (χ4n) is 5.96. The molecule has 0 radical (unpaired) electrons. The second-order valence-corrected chi connectivity index (χ2v) is 11.2. The lowest BCUT2D eigenvalue weighted by Gasteiger charge is -2.37. The van der Waals surface area contributed by atoms with Crippen molar-refractivity contribution in [2.24, 2.45) is 29.6 Å². The van der Waals surface area contributed by atoms with Crippen LogP contribution in [0.5, 0.6) is 0 Å². The minimum absolute atomic E-state index is 0.0155. The molecule has 0 aromatic carbocycles. The van der Waals surface area contributed by atoms with Crippen LogP contribution in [0, 0.1) is 29.6 Å². The van der Waals surface area contributed by atoms with Crippen molar-refractivity contribution in [3.05, 3.63) is 0 Å². The topological polar surface area (TPSA) is 52.6 Å². The molecule has 172 valence electrons. The number of hydrogen-bond donors (Lipinski definition) is 0. The van der Waals surface area contributed by atoms with Gasteiger partial charge < -0.3 is 9.47 Å². The molecule has 3 aliphatic carbocycles. The van der Waals surface area contributed by atoms with Crippen molar-refractivity contribution in [1.82, 2.24) is 0 Å². The van der Waals surface area contributed by atoms with Crippen LogP contribution in [-0.2, 0) is 19.1 Å². The Morgan fingerprint density at radius 1 is 0.700 bits per heavy atom. The standard InChI is InChI=1S/C26H44O4/c1-5-18-6-8-19(9-7-18)20-10-12-21(13-11-20)24(27)29-23-16-14-22(15-17-23)25(28)30-26(2,3)4/h18-23H,5-17H2,1-4H3. The fraction of sp³-hybridized carbons (Fsp3) is 0.923. The van der Waals surface area contributed by atoms with Gasteiger partial charge in [0.1, 0.15) is 11.7 Å². The zero-order chi connectivity index (χ0) is 21.7. The highest BCUT2D eigenvalue weighted by atomic mass is 16.6. The largest absolute Gasteiger partial charge is 0.462 e. The van der Waals surface area contributed by atoms with Crippen molar-refractivity contribution >= 4 is 11.9 Å². The monoisotopic (exact) mass is 420 g/mol. The second kappa shape index (κ2) is 10.5. The number of hydrogen-bond acceptors (Lipinski definition) is 4. The van der Waals surface area contributed by atoms with Crippen LogP contribution in [0.4, 0.5) is 0 Å².